The first-order valence-corrected chi connectivity index (χ1v) is 6.69. The molecule has 0 aromatic rings. The van der Waals surface area contributed by atoms with Crippen molar-refractivity contribution in [1.29, 1.82) is 0 Å². The zero-order valence-corrected chi connectivity index (χ0v) is 10.4. The quantitative estimate of drug-likeness (QED) is 0.656. The van der Waals surface area contributed by atoms with Crippen molar-refractivity contribution in [1.82, 2.24) is 5.32 Å². The van der Waals surface area contributed by atoms with Gasteiger partial charge in [-0.05, 0) is 32.7 Å². The molecule has 1 aliphatic heterocycles. The van der Waals surface area contributed by atoms with Gasteiger partial charge in [-0.2, -0.15) is 0 Å². The fraction of sp³-hybridized carbons (Fsp3) is 1.00. The van der Waals surface area contributed by atoms with Gasteiger partial charge in [0.05, 0.1) is 12.2 Å². The molecular weight excluding hydrogens is 186 g/mol. The summed E-state index contributed by atoms with van der Waals surface area (Å²) in [6, 6.07) is 0. The van der Waals surface area contributed by atoms with E-state index in [1.807, 2.05) is 0 Å². The Labute approximate surface area is 94.8 Å². The van der Waals surface area contributed by atoms with E-state index in [-0.39, 0.29) is 0 Å². The number of hydrogen-bond donors (Lipinski definition) is 1. The van der Waals surface area contributed by atoms with Crippen LogP contribution in [-0.4, -0.2) is 25.3 Å². The Balaban J connectivity index is 1.98. The van der Waals surface area contributed by atoms with Crippen molar-refractivity contribution >= 4 is 0 Å². The van der Waals surface area contributed by atoms with Gasteiger partial charge in [0, 0.05) is 6.54 Å². The molecule has 1 aliphatic rings. The zero-order chi connectivity index (χ0) is 10.9. The number of piperidine rings is 1. The van der Waals surface area contributed by atoms with Gasteiger partial charge in [0.25, 0.3) is 0 Å². The summed E-state index contributed by atoms with van der Waals surface area (Å²) in [6.45, 7) is 6.71. The van der Waals surface area contributed by atoms with E-state index in [0.717, 1.165) is 6.54 Å². The maximum absolute atomic E-state index is 6.01. The monoisotopic (exact) mass is 213 g/mol. The first-order chi connectivity index (χ1) is 7.33. The van der Waals surface area contributed by atoms with Crippen LogP contribution in [0.25, 0.3) is 0 Å². The van der Waals surface area contributed by atoms with Crippen LogP contribution in [0.1, 0.15) is 58.8 Å². The van der Waals surface area contributed by atoms with Gasteiger partial charge in [-0.1, -0.05) is 32.6 Å². The minimum atomic E-state index is 0.451. The highest BCUT2D eigenvalue weighted by atomic mass is 16.5. The van der Waals surface area contributed by atoms with Gasteiger partial charge >= 0.3 is 0 Å². The fourth-order valence-electron chi connectivity index (χ4n) is 2.19. The van der Waals surface area contributed by atoms with E-state index >= 15 is 0 Å². The summed E-state index contributed by atoms with van der Waals surface area (Å²) in [5, 5.41) is 3.39. The van der Waals surface area contributed by atoms with Crippen LogP contribution in [0.5, 0.6) is 0 Å². The Morgan fingerprint density at radius 2 is 2.20 bits per heavy atom. The largest absolute Gasteiger partial charge is 0.374 e. The molecule has 0 spiro atoms. The summed E-state index contributed by atoms with van der Waals surface area (Å²) >= 11 is 0. The molecule has 0 saturated carbocycles. The van der Waals surface area contributed by atoms with Crippen molar-refractivity contribution in [3.63, 3.8) is 0 Å². The lowest BCUT2D eigenvalue weighted by Crippen LogP contribution is -2.37. The molecule has 2 unspecified atom stereocenters. The predicted molar refractivity (Wildman–Crippen MR) is 65.2 cm³/mol. The average molecular weight is 213 g/mol. The molecular formula is C13H27NO. The molecule has 2 heteroatoms. The second-order valence-corrected chi connectivity index (χ2v) is 4.76. The van der Waals surface area contributed by atoms with E-state index in [4.69, 9.17) is 4.74 Å². The maximum Gasteiger partial charge on any atom is 0.0703 e. The number of rotatable bonds is 7. The number of hydrogen-bond acceptors (Lipinski definition) is 2. The van der Waals surface area contributed by atoms with Crippen LogP contribution >= 0.6 is 0 Å². The van der Waals surface area contributed by atoms with Crippen molar-refractivity contribution < 1.29 is 4.74 Å². The normalized spacial score (nSPS) is 24.0. The van der Waals surface area contributed by atoms with Crippen molar-refractivity contribution in [3.05, 3.63) is 0 Å². The number of nitrogens with one attached hydrogen (secondary N) is 1. The van der Waals surface area contributed by atoms with Crippen molar-refractivity contribution in [2.24, 2.45) is 0 Å². The smallest absolute Gasteiger partial charge is 0.0703 e. The van der Waals surface area contributed by atoms with E-state index in [0.29, 0.717) is 12.2 Å². The summed E-state index contributed by atoms with van der Waals surface area (Å²) in [4.78, 5) is 0. The number of ether oxygens (including phenoxy) is 1. The third kappa shape index (κ3) is 6.16. The van der Waals surface area contributed by atoms with Crippen LogP contribution in [0.4, 0.5) is 0 Å². The van der Waals surface area contributed by atoms with E-state index in [9.17, 15) is 0 Å². The Bertz CT molecular complexity index is 143. The van der Waals surface area contributed by atoms with Gasteiger partial charge in [-0.3, -0.25) is 0 Å². The minimum absolute atomic E-state index is 0.451. The molecule has 0 radical (unpaired) electrons. The molecule has 15 heavy (non-hydrogen) atoms. The van der Waals surface area contributed by atoms with E-state index in [2.05, 4.69) is 19.2 Å². The summed E-state index contributed by atoms with van der Waals surface area (Å²) in [5.74, 6) is 0. The maximum atomic E-state index is 6.01. The molecule has 2 atom stereocenters. The first kappa shape index (κ1) is 13.0. The van der Waals surface area contributed by atoms with Crippen LogP contribution in [-0.2, 0) is 4.74 Å². The molecule has 1 rings (SSSR count). The molecule has 1 saturated heterocycles. The lowest BCUT2D eigenvalue weighted by atomic mass is 10.1. The van der Waals surface area contributed by atoms with Crippen LogP contribution < -0.4 is 5.32 Å². The van der Waals surface area contributed by atoms with Gasteiger partial charge in [0.15, 0.2) is 0 Å². The molecule has 2 nitrogen and oxygen atoms in total. The van der Waals surface area contributed by atoms with Gasteiger partial charge in [-0.25, -0.2) is 0 Å². The Morgan fingerprint density at radius 1 is 1.33 bits per heavy atom. The summed E-state index contributed by atoms with van der Waals surface area (Å²) in [6.07, 6.45) is 10.1. The molecule has 90 valence electrons. The van der Waals surface area contributed by atoms with Crippen molar-refractivity contribution in [3.8, 4) is 0 Å². The van der Waals surface area contributed by atoms with Gasteiger partial charge in [0.2, 0.25) is 0 Å². The van der Waals surface area contributed by atoms with E-state index in [1.165, 1.54) is 51.5 Å². The summed E-state index contributed by atoms with van der Waals surface area (Å²) < 4.78 is 6.01. The highest BCUT2D eigenvalue weighted by Gasteiger charge is 2.15. The van der Waals surface area contributed by atoms with E-state index < -0.39 is 0 Å². The molecule has 1 fully saturated rings. The minimum Gasteiger partial charge on any atom is -0.374 e. The third-order valence-corrected chi connectivity index (χ3v) is 3.14. The van der Waals surface area contributed by atoms with Gasteiger partial charge in [-0.15, -0.1) is 0 Å². The topological polar surface area (TPSA) is 21.3 Å². The molecule has 0 aromatic carbocycles. The zero-order valence-electron chi connectivity index (χ0n) is 10.4. The van der Waals surface area contributed by atoms with Crippen molar-refractivity contribution in [2.45, 2.75) is 71.0 Å². The van der Waals surface area contributed by atoms with E-state index in [1.54, 1.807) is 0 Å². The SMILES string of the molecule is CCCCCCC(C)OC1CCCNC1. The van der Waals surface area contributed by atoms with Crippen molar-refractivity contribution in [2.75, 3.05) is 13.1 Å². The van der Waals surface area contributed by atoms with Crippen LogP contribution in [0, 0.1) is 0 Å². The average Bonchev–Trinajstić information content (AvgIpc) is 2.26. The number of unbranched alkanes of at least 4 members (excludes halogenated alkanes) is 3. The van der Waals surface area contributed by atoms with Crippen LogP contribution in [0.3, 0.4) is 0 Å². The van der Waals surface area contributed by atoms with Gasteiger partial charge in [0.1, 0.15) is 0 Å². The second kappa shape index (κ2) is 8.12. The molecule has 0 amide bonds. The van der Waals surface area contributed by atoms with Crippen LogP contribution in [0.15, 0.2) is 0 Å². The standard InChI is InChI=1S/C13H27NO/c1-3-4-5-6-8-12(2)15-13-9-7-10-14-11-13/h12-14H,3-11H2,1-2H3. The van der Waals surface area contributed by atoms with Gasteiger partial charge < -0.3 is 10.1 Å². The molecule has 1 N–H and O–H groups in total. The molecule has 0 aliphatic carbocycles. The lowest BCUT2D eigenvalue weighted by Gasteiger charge is -2.26. The fourth-order valence-corrected chi connectivity index (χ4v) is 2.19. The molecule has 1 heterocycles. The highest BCUT2D eigenvalue weighted by Crippen LogP contribution is 2.13. The third-order valence-electron chi connectivity index (χ3n) is 3.14. The molecule has 0 bridgehead atoms. The van der Waals surface area contributed by atoms with Crippen LogP contribution in [0.2, 0.25) is 0 Å². The molecule has 0 aromatic heterocycles. The highest BCUT2D eigenvalue weighted by molar-refractivity contribution is 4.70. The Kier molecular flexibility index (Phi) is 7.03. The summed E-state index contributed by atoms with van der Waals surface area (Å²) in [7, 11) is 0. The second-order valence-electron chi connectivity index (χ2n) is 4.76. The Hall–Kier alpha value is -0.0800. The first-order valence-electron chi connectivity index (χ1n) is 6.69. The predicted octanol–water partition coefficient (Wildman–Crippen LogP) is 3.11. The Morgan fingerprint density at radius 3 is 2.87 bits per heavy atom. The summed E-state index contributed by atoms with van der Waals surface area (Å²) in [5.41, 5.74) is 0. The lowest BCUT2D eigenvalue weighted by molar-refractivity contribution is -0.0181.